The maximum Gasteiger partial charge on any atom is 0.227 e. The van der Waals surface area contributed by atoms with Crippen molar-refractivity contribution in [1.82, 2.24) is 15.2 Å². The average Bonchev–Trinajstić information content (AvgIpc) is 2.33. The van der Waals surface area contributed by atoms with E-state index in [4.69, 9.17) is 0 Å². The second-order valence-corrected chi connectivity index (χ2v) is 4.74. The Morgan fingerprint density at radius 1 is 1.47 bits per heavy atom. The van der Waals surface area contributed by atoms with Gasteiger partial charge < -0.3 is 10.2 Å². The number of rotatable bonds is 2. The van der Waals surface area contributed by atoms with Gasteiger partial charge in [0.15, 0.2) is 0 Å². The molecule has 1 aliphatic heterocycles. The Morgan fingerprint density at radius 2 is 2.18 bits per heavy atom. The van der Waals surface area contributed by atoms with Gasteiger partial charge in [-0.15, -0.1) is 0 Å². The highest BCUT2D eigenvalue weighted by atomic mass is 16.2. The molecule has 4 heteroatoms. The Labute approximate surface area is 102 Å². The first-order valence-corrected chi connectivity index (χ1v) is 6.08. The van der Waals surface area contributed by atoms with Crippen LogP contribution in [0.25, 0.3) is 0 Å². The summed E-state index contributed by atoms with van der Waals surface area (Å²) in [4.78, 5) is 18.1. The van der Waals surface area contributed by atoms with Gasteiger partial charge in [-0.25, -0.2) is 0 Å². The third kappa shape index (κ3) is 3.03. The Bertz CT molecular complexity index is 380. The molecule has 17 heavy (non-hydrogen) atoms. The standard InChI is InChI=1S/C13H19N3O/c1-10-9-16(11(2)8-15-10)13(17)7-12-3-5-14-6-4-12/h3-6,10-11,15H,7-9H2,1-2H3. The summed E-state index contributed by atoms with van der Waals surface area (Å²) >= 11 is 0. The van der Waals surface area contributed by atoms with Crippen LogP contribution < -0.4 is 5.32 Å². The Kier molecular flexibility index (Phi) is 3.74. The first kappa shape index (κ1) is 12.0. The number of carbonyl (C=O) groups is 1. The van der Waals surface area contributed by atoms with Gasteiger partial charge >= 0.3 is 0 Å². The zero-order chi connectivity index (χ0) is 12.3. The molecule has 1 amide bonds. The minimum atomic E-state index is 0.206. The number of hydrogen-bond donors (Lipinski definition) is 1. The minimum Gasteiger partial charge on any atom is -0.337 e. The molecule has 1 aromatic heterocycles. The number of pyridine rings is 1. The normalized spacial score (nSPS) is 24.7. The molecular weight excluding hydrogens is 214 g/mol. The summed E-state index contributed by atoms with van der Waals surface area (Å²) in [5.41, 5.74) is 1.03. The van der Waals surface area contributed by atoms with Crippen LogP contribution in [-0.4, -0.2) is 41.0 Å². The average molecular weight is 233 g/mol. The molecule has 1 N–H and O–H groups in total. The zero-order valence-corrected chi connectivity index (χ0v) is 10.4. The molecule has 1 fully saturated rings. The van der Waals surface area contributed by atoms with Crippen molar-refractivity contribution in [1.29, 1.82) is 0 Å². The van der Waals surface area contributed by atoms with Gasteiger partial charge in [0, 0.05) is 37.6 Å². The zero-order valence-electron chi connectivity index (χ0n) is 10.4. The third-order valence-corrected chi connectivity index (χ3v) is 3.19. The van der Waals surface area contributed by atoms with Crippen molar-refractivity contribution in [3.05, 3.63) is 30.1 Å². The number of aromatic nitrogens is 1. The van der Waals surface area contributed by atoms with Crippen LogP contribution in [0.4, 0.5) is 0 Å². The Hall–Kier alpha value is -1.42. The van der Waals surface area contributed by atoms with Gasteiger partial charge in [-0.3, -0.25) is 9.78 Å². The second kappa shape index (κ2) is 5.27. The molecule has 0 bridgehead atoms. The summed E-state index contributed by atoms with van der Waals surface area (Å²) in [6, 6.07) is 4.45. The fourth-order valence-corrected chi connectivity index (χ4v) is 2.15. The van der Waals surface area contributed by atoms with E-state index in [-0.39, 0.29) is 11.9 Å². The fraction of sp³-hybridized carbons (Fsp3) is 0.538. The van der Waals surface area contributed by atoms with E-state index in [9.17, 15) is 4.79 Å². The van der Waals surface area contributed by atoms with E-state index in [0.717, 1.165) is 18.7 Å². The lowest BCUT2D eigenvalue weighted by Gasteiger charge is -2.37. The van der Waals surface area contributed by atoms with Crippen LogP contribution in [0, 0.1) is 0 Å². The fourth-order valence-electron chi connectivity index (χ4n) is 2.15. The van der Waals surface area contributed by atoms with Crippen LogP contribution in [0.15, 0.2) is 24.5 Å². The van der Waals surface area contributed by atoms with Gasteiger partial charge in [0.25, 0.3) is 0 Å². The number of nitrogens with one attached hydrogen (secondary N) is 1. The van der Waals surface area contributed by atoms with Crippen LogP contribution >= 0.6 is 0 Å². The van der Waals surface area contributed by atoms with Crippen molar-refractivity contribution >= 4 is 5.91 Å². The highest BCUT2D eigenvalue weighted by Gasteiger charge is 2.26. The Balaban J connectivity index is 1.99. The largest absolute Gasteiger partial charge is 0.337 e. The van der Waals surface area contributed by atoms with Gasteiger partial charge in [-0.1, -0.05) is 0 Å². The van der Waals surface area contributed by atoms with E-state index < -0.39 is 0 Å². The van der Waals surface area contributed by atoms with Crippen LogP contribution in [0.1, 0.15) is 19.4 Å². The van der Waals surface area contributed by atoms with Gasteiger partial charge in [-0.2, -0.15) is 0 Å². The molecule has 2 atom stereocenters. The molecule has 0 aliphatic carbocycles. The molecule has 1 aliphatic rings. The topological polar surface area (TPSA) is 45.2 Å². The summed E-state index contributed by atoms with van der Waals surface area (Å²) in [5, 5.41) is 3.38. The van der Waals surface area contributed by atoms with Crippen molar-refractivity contribution in [2.24, 2.45) is 0 Å². The van der Waals surface area contributed by atoms with Gasteiger partial charge in [-0.05, 0) is 31.5 Å². The molecule has 2 unspecified atom stereocenters. The number of nitrogens with zero attached hydrogens (tertiary/aromatic N) is 2. The molecule has 92 valence electrons. The van der Waals surface area contributed by atoms with Gasteiger partial charge in [0.1, 0.15) is 0 Å². The first-order valence-electron chi connectivity index (χ1n) is 6.08. The molecule has 1 saturated heterocycles. The molecule has 2 rings (SSSR count). The maximum absolute atomic E-state index is 12.2. The smallest absolute Gasteiger partial charge is 0.227 e. The number of amides is 1. The highest BCUT2D eigenvalue weighted by molar-refractivity contribution is 5.79. The van der Waals surface area contributed by atoms with E-state index in [2.05, 4.69) is 24.1 Å². The monoisotopic (exact) mass is 233 g/mol. The molecule has 4 nitrogen and oxygen atoms in total. The molecular formula is C13H19N3O. The summed E-state index contributed by atoms with van der Waals surface area (Å²) in [5.74, 6) is 0.206. The van der Waals surface area contributed by atoms with Crippen molar-refractivity contribution in [2.45, 2.75) is 32.4 Å². The lowest BCUT2D eigenvalue weighted by atomic mass is 10.1. The van der Waals surface area contributed by atoms with Crippen LogP contribution in [-0.2, 0) is 11.2 Å². The van der Waals surface area contributed by atoms with E-state index in [1.165, 1.54) is 0 Å². The number of carbonyl (C=O) groups excluding carboxylic acids is 1. The first-order chi connectivity index (χ1) is 8.16. The van der Waals surface area contributed by atoms with E-state index in [1.54, 1.807) is 12.4 Å². The lowest BCUT2D eigenvalue weighted by molar-refractivity contribution is -0.133. The number of piperazine rings is 1. The van der Waals surface area contributed by atoms with Crippen molar-refractivity contribution in [3.63, 3.8) is 0 Å². The molecule has 2 heterocycles. The quantitative estimate of drug-likeness (QED) is 0.823. The van der Waals surface area contributed by atoms with E-state index in [0.29, 0.717) is 12.5 Å². The summed E-state index contributed by atoms with van der Waals surface area (Å²) in [7, 11) is 0. The minimum absolute atomic E-state index is 0.206. The maximum atomic E-state index is 12.2. The third-order valence-electron chi connectivity index (χ3n) is 3.19. The summed E-state index contributed by atoms with van der Waals surface area (Å²) in [6.07, 6.45) is 3.93. The van der Waals surface area contributed by atoms with E-state index in [1.807, 2.05) is 17.0 Å². The summed E-state index contributed by atoms with van der Waals surface area (Å²) in [6.45, 7) is 5.87. The predicted molar refractivity (Wildman–Crippen MR) is 66.6 cm³/mol. The van der Waals surface area contributed by atoms with Crippen molar-refractivity contribution in [2.75, 3.05) is 13.1 Å². The van der Waals surface area contributed by atoms with Gasteiger partial charge in [0.2, 0.25) is 5.91 Å². The van der Waals surface area contributed by atoms with Gasteiger partial charge in [0.05, 0.1) is 6.42 Å². The van der Waals surface area contributed by atoms with Crippen LogP contribution in [0.2, 0.25) is 0 Å². The van der Waals surface area contributed by atoms with Crippen LogP contribution in [0.5, 0.6) is 0 Å². The van der Waals surface area contributed by atoms with E-state index >= 15 is 0 Å². The Morgan fingerprint density at radius 3 is 2.88 bits per heavy atom. The molecule has 0 saturated carbocycles. The molecule has 1 aromatic rings. The molecule has 0 radical (unpaired) electrons. The van der Waals surface area contributed by atoms with Crippen molar-refractivity contribution < 1.29 is 4.79 Å². The summed E-state index contributed by atoms with van der Waals surface area (Å²) < 4.78 is 0. The highest BCUT2D eigenvalue weighted by Crippen LogP contribution is 2.10. The molecule has 0 aromatic carbocycles. The molecule has 0 spiro atoms. The lowest BCUT2D eigenvalue weighted by Crippen LogP contribution is -2.56. The second-order valence-electron chi connectivity index (χ2n) is 4.74. The number of hydrogen-bond acceptors (Lipinski definition) is 3. The SMILES string of the molecule is CC1CN(C(=O)Cc2ccncc2)C(C)CN1. The van der Waals surface area contributed by atoms with Crippen molar-refractivity contribution in [3.8, 4) is 0 Å². The van der Waals surface area contributed by atoms with Crippen LogP contribution in [0.3, 0.4) is 0 Å². The predicted octanol–water partition coefficient (Wildman–Crippen LogP) is 0.833.